The van der Waals surface area contributed by atoms with Crippen LogP contribution < -0.4 is 16.0 Å². The van der Waals surface area contributed by atoms with Gasteiger partial charge >= 0.3 is 0 Å². The largest absolute Gasteiger partial charge is 0.384 e. The van der Waals surface area contributed by atoms with Gasteiger partial charge in [0.05, 0.1) is 12.0 Å². The second-order valence-corrected chi connectivity index (χ2v) is 5.93. The highest BCUT2D eigenvalue weighted by Crippen LogP contribution is 2.29. The molecule has 1 aliphatic heterocycles. The van der Waals surface area contributed by atoms with Crippen molar-refractivity contribution in [3.63, 3.8) is 0 Å². The van der Waals surface area contributed by atoms with Crippen LogP contribution in [0.1, 0.15) is 28.8 Å². The van der Waals surface area contributed by atoms with Crippen LogP contribution in [0.2, 0.25) is 0 Å². The number of benzene rings is 1. The van der Waals surface area contributed by atoms with Gasteiger partial charge in [0.25, 0.3) is 5.91 Å². The molecule has 126 valence electrons. The van der Waals surface area contributed by atoms with Crippen LogP contribution in [0.4, 0.5) is 0 Å². The van der Waals surface area contributed by atoms with Crippen molar-refractivity contribution in [3.05, 3.63) is 35.4 Å². The van der Waals surface area contributed by atoms with Crippen LogP contribution in [0.3, 0.4) is 0 Å². The van der Waals surface area contributed by atoms with Crippen molar-refractivity contribution in [1.29, 1.82) is 0 Å². The van der Waals surface area contributed by atoms with E-state index in [1.54, 1.807) is 26.3 Å². The molecule has 1 heterocycles. The van der Waals surface area contributed by atoms with E-state index in [-0.39, 0.29) is 11.8 Å². The summed E-state index contributed by atoms with van der Waals surface area (Å²) < 4.78 is 5.28. The van der Waals surface area contributed by atoms with Gasteiger partial charge in [-0.1, -0.05) is 12.1 Å². The second-order valence-electron chi connectivity index (χ2n) is 5.93. The van der Waals surface area contributed by atoms with Crippen LogP contribution in [-0.4, -0.2) is 45.7 Å². The lowest BCUT2D eigenvalue weighted by molar-refractivity contribution is -0.136. The minimum absolute atomic E-state index is 0.0196. The Labute approximate surface area is 137 Å². The number of ether oxygens (including phenoxy) is 1. The normalized spacial score (nSPS) is 16.6. The van der Waals surface area contributed by atoms with E-state index in [1.807, 2.05) is 12.1 Å². The standard InChI is InChI=1S/C17H25N3O3/c1-18-15(21)14-5-3-4-13(10-14)11-20-16(22)17(12-23-2)6-8-19-9-7-17/h3-5,10,19H,6-9,11-12H2,1-2H3,(H,18,21)(H,20,22). The molecule has 0 spiro atoms. The van der Waals surface area contributed by atoms with Crippen LogP contribution in [0.15, 0.2) is 24.3 Å². The molecule has 1 fully saturated rings. The molecular formula is C17H25N3O3. The maximum Gasteiger partial charge on any atom is 0.251 e. The first-order valence-corrected chi connectivity index (χ1v) is 7.90. The minimum atomic E-state index is -0.460. The van der Waals surface area contributed by atoms with Crippen LogP contribution in [0.5, 0.6) is 0 Å². The molecular weight excluding hydrogens is 294 g/mol. The third kappa shape index (κ3) is 4.30. The molecule has 3 N–H and O–H groups in total. The van der Waals surface area contributed by atoms with Crippen LogP contribution in [-0.2, 0) is 16.1 Å². The number of carbonyl (C=O) groups excluding carboxylic acids is 2. The van der Waals surface area contributed by atoms with E-state index in [0.717, 1.165) is 31.5 Å². The van der Waals surface area contributed by atoms with Gasteiger partial charge < -0.3 is 20.7 Å². The lowest BCUT2D eigenvalue weighted by Gasteiger charge is -2.35. The monoisotopic (exact) mass is 319 g/mol. The summed E-state index contributed by atoms with van der Waals surface area (Å²) in [5, 5.41) is 8.87. The Morgan fingerprint density at radius 3 is 2.70 bits per heavy atom. The minimum Gasteiger partial charge on any atom is -0.384 e. The second kappa shape index (κ2) is 8.08. The summed E-state index contributed by atoms with van der Waals surface area (Å²) in [7, 11) is 3.23. The molecule has 1 aromatic rings. The van der Waals surface area contributed by atoms with Crippen molar-refractivity contribution < 1.29 is 14.3 Å². The average Bonchev–Trinajstić information content (AvgIpc) is 2.60. The molecule has 2 amide bonds. The highest BCUT2D eigenvalue weighted by atomic mass is 16.5. The number of piperidine rings is 1. The molecule has 0 aliphatic carbocycles. The van der Waals surface area contributed by atoms with Crippen molar-refractivity contribution in [2.45, 2.75) is 19.4 Å². The van der Waals surface area contributed by atoms with E-state index >= 15 is 0 Å². The number of nitrogens with one attached hydrogen (secondary N) is 3. The van der Waals surface area contributed by atoms with Gasteiger partial charge in [-0.05, 0) is 43.6 Å². The quantitative estimate of drug-likeness (QED) is 0.720. The Morgan fingerprint density at radius 1 is 1.30 bits per heavy atom. The fourth-order valence-electron chi connectivity index (χ4n) is 2.96. The van der Waals surface area contributed by atoms with E-state index in [4.69, 9.17) is 4.74 Å². The number of amides is 2. The van der Waals surface area contributed by atoms with Gasteiger partial charge in [0.2, 0.25) is 5.91 Å². The third-order valence-corrected chi connectivity index (χ3v) is 4.33. The molecule has 0 saturated carbocycles. The third-order valence-electron chi connectivity index (χ3n) is 4.33. The smallest absolute Gasteiger partial charge is 0.251 e. The molecule has 0 bridgehead atoms. The summed E-state index contributed by atoms with van der Waals surface area (Å²) in [5.41, 5.74) is 1.03. The maximum atomic E-state index is 12.7. The van der Waals surface area contributed by atoms with Crippen molar-refractivity contribution in [2.75, 3.05) is 33.9 Å². The zero-order valence-corrected chi connectivity index (χ0v) is 13.8. The first-order chi connectivity index (χ1) is 11.1. The van der Waals surface area contributed by atoms with Gasteiger partial charge in [-0.25, -0.2) is 0 Å². The molecule has 6 nitrogen and oxygen atoms in total. The van der Waals surface area contributed by atoms with Crippen LogP contribution >= 0.6 is 0 Å². The maximum absolute atomic E-state index is 12.7. The van der Waals surface area contributed by atoms with Gasteiger partial charge in [0, 0.05) is 26.3 Å². The highest BCUT2D eigenvalue weighted by molar-refractivity contribution is 5.94. The molecule has 0 radical (unpaired) electrons. The molecule has 23 heavy (non-hydrogen) atoms. The van der Waals surface area contributed by atoms with Crippen molar-refractivity contribution in [3.8, 4) is 0 Å². The Balaban J connectivity index is 2.01. The van der Waals surface area contributed by atoms with E-state index < -0.39 is 5.41 Å². The van der Waals surface area contributed by atoms with Gasteiger partial charge in [0.1, 0.15) is 0 Å². The topological polar surface area (TPSA) is 79.5 Å². The van der Waals surface area contributed by atoms with E-state index in [0.29, 0.717) is 18.7 Å². The first-order valence-electron chi connectivity index (χ1n) is 7.90. The summed E-state index contributed by atoms with van der Waals surface area (Å²) in [6.07, 6.45) is 1.54. The van der Waals surface area contributed by atoms with Gasteiger partial charge in [-0.2, -0.15) is 0 Å². The van der Waals surface area contributed by atoms with E-state index in [2.05, 4.69) is 16.0 Å². The summed E-state index contributed by atoms with van der Waals surface area (Å²) in [4.78, 5) is 24.3. The van der Waals surface area contributed by atoms with Crippen molar-refractivity contribution in [2.24, 2.45) is 5.41 Å². The van der Waals surface area contributed by atoms with Gasteiger partial charge in [0.15, 0.2) is 0 Å². The van der Waals surface area contributed by atoms with Crippen LogP contribution in [0.25, 0.3) is 0 Å². The van der Waals surface area contributed by atoms with Crippen LogP contribution in [0, 0.1) is 5.41 Å². The fraction of sp³-hybridized carbons (Fsp3) is 0.529. The number of rotatable bonds is 6. The predicted molar refractivity (Wildman–Crippen MR) is 88.1 cm³/mol. The Hall–Kier alpha value is -1.92. The molecule has 6 heteroatoms. The highest BCUT2D eigenvalue weighted by Gasteiger charge is 2.39. The lowest BCUT2D eigenvalue weighted by atomic mass is 9.78. The van der Waals surface area contributed by atoms with Crippen molar-refractivity contribution in [1.82, 2.24) is 16.0 Å². The van der Waals surface area contributed by atoms with Gasteiger partial charge in [-0.15, -0.1) is 0 Å². The molecule has 2 rings (SSSR count). The molecule has 1 aliphatic rings. The molecule has 0 aromatic heterocycles. The molecule has 0 unspecified atom stereocenters. The van der Waals surface area contributed by atoms with Crippen molar-refractivity contribution >= 4 is 11.8 Å². The average molecular weight is 319 g/mol. The number of hydrogen-bond donors (Lipinski definition) is 3. The molecule has 1 aromatic carbocycles. The zero-order chi connectivity index (χ0) is 16.7. The SMILES string of the molecule is CNC(=O)c1cccc(CNC(=O)C2(COC)CCNCC2)c1. The zero-order valence-electron chi connectivity index (χ0n) is 13.8. The molecule has 1 saturated heterocycles. The summed E-state index contributed by atoms with van der Waals surface area (Å²) >= 11 is 0. The Kier molecular flexibility index (Phi) is 6.12. The molecule has 0 atom stereocenters. The predicted octanol–water partition coefficient (Wildman–Crippen LogP) is 0.679. The Bertz CT molecular complexity index is 548. The summed E-state index contributed by atoms with van der Waals surface area (Å²) in [5.74, 6) is -0.112. The number of methoxy groups -OCH3 is 1. The number of hydrogen-bond acceptors (Lipinski definition) is 4. The van der Waals surface area contributed by atoms with E-state index in [1.165, 1.54) is 0 Å². The van der Waals surface area contributed by atoms with Gasteiger partial charge in [-0.3, -0.25) is 9.59 Å². The number of carbonyl (C=O) groups is 2. The first kappa shape index (κ1) is 17.4. The fourth-order valence-corrected chi connectivity index (χ4v) is 2.96. The Morgan fingerprint density at radius 2 is 2.04 bits per heavy atom. The summed E-state index contributed by atoms with van der Waals surface area (Å²) in [6.45, 7) is 2.48. The van der Waals surface area contributed by atoms with E-state index in [9.17, 15) is 9.59 Å². The summed E-state index contributed by atoms with van der Waals surface area (Å²) in [6, 6.07) is 7.27. The lowest BCUT2D eigenvalue weighted by Crippen LogP contribution is -2.49.